The Bertz CT molecular complexity index is 1710. The summed E-state index contributed by atoms with van der Waals surface area (Å²) in [6, 6.07) is 0. The molecule has 0 aliphatic carbocycles. The zero-order chi connectivity index (χ0) is 54.3. The number of allylic oxidation sites excluding steroid dienone is 26. The van der Waals surface area contributed by atoms with Crippen LogP contribution in [0, 0.1) is 0 Å². The van der Waals surface area contributed by atoms with Crippen molar-refractivity contribution < 1.29 is 28.6 Å². The van der Waals surface area contributed by atoms with Gasteiger partial charge in [-0.25, -0.2) is 0 Å². The van der Waals surface area contributed by atoms with Gasteiger partial charge in [-0.3, -0.25) is 14.4 Å². The predicted molar refractivity (Wildman–Crippen MR) is 325 cm³/mol. The van der Waals surface area contributed by atoms with Gasteiger partial charge < -0.3 is 14.2 Å². The van der Waals surface area contributed by atoms with Gasteiger partial charge in [0.1, 0.15) is 13.2 Å². The number of hydrogen-bond acceptors (Lipinski definition) is 6. The maximum Gasteiger partial charge on any atom is 0.306 e. The average molecular weight is 1030 g/mol. The van der Waals surface area contributed by atoms with E-state index in [1.54, 1.807) is 0 Å². The number of carbonyl (C=O) groups is 3. The third-order valence-electron chi connectivity index (χ3n) is 12.0. The Morgan fingerprint density at radius 1 is 0.280 bits per heavy atom. The van der Waals surface area contributed by atoms with Gasteiger partial charge in [-0.2, -0.15) is 0 Å². The summed E-state index contributed by atoms with van der Waals surface area (Å²) < 4.78 is 16.7. The minimum Gasteiger partial charge on any atom is -0.462 e. The Hall–Kier alpha value is -4.97. The van der Waals surface area contributed by atoms with E-state index >= 15 is 0 Å². The van der Waals surface area contributed by atoms with E-state index in [0.29, 0.717) is 19.3 Å². The highest BCUT2D eigenvalue weighted by atomic mass is 16.6. The summed E-state index contributed by atoms with van der Waals surface area (Å²) in [6.45, 7) is 6.28. The maximum absolute atomic E-state index is 12.8. The molecule has 0 aromatic carbocycles. The van der Waals surface area contributed by atoms with Gasteiger partial charge in [0.15, 0.2) is 6.10 Å². The fourth-order valence-electron chi connectivity index (χ4n) is 7.62. The van der Waals surface area contributed by atoms with Gasteiger partial charge in [-0.05, 0) is 116 Å². The second-order valence-electron chi connectivity index (χ2n) is 19.1. The van der Waals surface area contributed by atoms with Crippen LogP contribution >= 0.6 is 0 Å². The third-order valence-corrected chi connectivity index (χ3v) is 12.0. The number of carbonyl (C=O) groups excluding carboxylic acids is 3. The van der Waals surface area contributed by atoms with Crippen LogP contribution in [0.5, 0.6) is 0 Å². The lowest BCUT2D eigenvalue weighted by molar-refractivity contribution is -0.166. The van der Waals surface area contributed by atoms with Crippen LogP contribution in [0.1, 0.15) is 239 Å². The zero-order valence-corrected chi connectivity index (χ0v) is 48.0. The van der Waals surface area contributed by atoms with Crippen molar-refractivity contribution in [3.8, 4) is 0 Å². The lowest BCUT2D eigenvalue weighted by Gasteiger charge is -2.18. The molecule has 420 valence electrons. The van der Waals surface area contributed by atoms with Gasteiger partial charge in [-0.1, -0.05) is 262 Å². The Balaban J connectivity index is 4.27. The van der Waals surface area contributed by atoms with Gasteiger partial charge in [0, 0.05) is 19.3 Å². The van der Waals surface area contributed by atoms with Crippen LogP contribution in [0.25, 0.3) is 0 Å². The molecule has 0 amide bonds. The first-order valence-electron chi connectivity index (χ1n) is 30.0. The van der Waals surface area contributed by atoms with Gasteiger partial charge in [-0.15, -0.1) is 0 Å². The summed E-state index contributed by atoms with van der Waals surface area (Å²) in [7, 11) is 0. The van der Waals surface area contributed by atoms with E-state index in [4.69, 9.17) is 14.2 Å². The number of ether oxygens (including phenoxy) is 3. The standard InChI is InChI=1S/C69H108O6/c1-4-7-10-13-16-18-20-22-24-26-28-29-30-31-32-33-34-35-36-37-38-39-41-42-44-46-48-50-53-56-59-62-68(71)74-65-66(64-73-67(70)61-58-55-52-15-12-9-6-3)75-69(72)63-60-57-54-51-49-47-45-43-40-27-25-23-21-19-17-14-11-8-5-2/h7-8,10-11,16-19,22-25,28-29,31-32,34-35,37-38,40,43,47,49,54,57,66H,4-6,9,12-15,20-21,26-27,30,33,36,39,41-42,44-46,48,50-53,55-56,58-65H2,1-3H3/b10-7-,11-8-,18-16-,19-17-,24-22-,25-23-,29-28-,32-31-,35-34-,38-37-,43-40-,49-47-,57-54-. The second-order valence-corrected chi connectivity index (χ2v) is 19.1. The van der Waals surface area contributed by atoms with E-state index in [1.807, 2.05) is 12.2 Å². The molecule has 0 fully saturated rings. The highest BCUT2D eigenvalue weighted by Gasteiger charge is 2.19. The highest BCUT2D eigenvalue weighted by molar-refractivity contribution is 5.71. The van der Waals surface area contributed by atoms with Crippen molar-refractivity contribution in [1.82, 2.24) is 0 Å². The summed E-state index contributed by atoms with van der Waals surface area (Å²) in [5.41, 5.74) is 0. The van der Waals surface area contributed by atoms with E-state index in [9.17, 15) is 14.4 Å². The molecular formula is C69H108O6. The quantitative estimate of drug-likeness (QED) is 0.0261. The van der Waals surface area contributed by atoms with Crippen molar-refractivity contribution in [1.29, 1.82) is 0 Å². The molecular weight excluding hydrogens is 925 g/mol. The largest absolute Gasteiger partial charge is 0.462 e. The summed E-state index contributed by atoms with van der Waals surface area (Å²) in [5, 5.41) is 0. The fraction of sp³-hybridized carbons (Fsp3) is 0.580. The Morgan fingerprint density at radius 2 is 0.547 bits per heavy atom. The molecule has 0 aliphatic rings. The first-order chi connectivity index (χ1) is 37.0. The molecule has 75 heavy (non-hydrogen) atoms. The molecule has 1 unspecified atom stereocenters. The summed E-state index contributed by atoms with van der Waals surface area (Å²) in [5.74, 6) is -1.02. The van der Waals surface area contributed by atoms with E-state index < -0.39 is 12.1 Å². The number of rotatable bonds is 52. The van der Waals surface area contributed by atoms with Crippen molar-refractivity contribution >= 4 is 17.9 Å². The molecule has 6 heteroatoms. The monoisotopic (exact) mass is 1030 g/mol. The number of unbranched alkanes of at least 4 members (excludes halogenated alkanes) is 15. The van der Waals surface area contributed by atoms with Crippen LogP contribution in [-0.4, -0.2) is 37.2 Å². The molecule has 0 aromatic heterocycles. The normalized spacial score (nSPS) is 13.3. The topological polar surface area (TPSA) is 78.9 Å². The number of hydrogen-bond donors (Lipinski definition) is 0. The van der Waals surface area contributed by atoms with Crippen molar-refractivity contribution in [2.24, 2.45) is 0 Å². The van der Waals surface area contributed by atoms with Crippen molar-refractivity contribution in [2.45, 2.75) is 245 Å². The first kappa shape index (κ1) is 70.0. The maximum atomic E-state index is 12.8. The Morgan fingerprint density at radius 3 is 0.867 bits per heavy atom. The van der Waals surface area contributed by atoms with Crippen LogP contribution in [0.4, 0.5) is 0 Å². The van der Waals surface area contributed by atoms with E-state index in [2.05, 4.69) is 167 Å². The van der Waals surface area contributed by atoms with Crippen LogP contribution in [-0.2, 0) is 28.6 Å². The molecule has 0 N–H and O–H groups in total. The average Bonchev–Trinajstić information content (AvgIpc) is 3.41. The van der Waals surface area contributed by atoms with Crippen LogP contribution in [0.2, 0.25) is 0 Å². The minimum absolute atomic E-state index is 0.115. The van der Waals surface area contributed by atoms with E-state index in [1.165, 1.54) is 64.2 Å². The summed E-state index contributed by atoms with van der Waals surface area (Å²) in [6.07, 6.45) is 89.9. The van der Waals surface area contributed by atoms with E-state index in [-0.39, 0.29) is 31.6 Å². The molecule has 0 radical (unpaired) electrons. The zero-order valence-electron chi connectivity index (χ0n) is 48.0. The Labute approximate surface area is 460 Å². The minimum atomic E-state index is -0.825. The van der Waals surface area contributed by atoms with Crippen LogP contribution in [0.3, 0.4) is 0 Å². The molecule has 0 saturated heterocycles. The molecule has 0 rings (SSSR count). The van der Waals surface area contributed by atoms with Crippen LogP contribution < -0.4 is 0 Å². The lowest BCUT2D eigenvalue weighted by atomic mass is 10.1. The molecule has 0 aromatic rings. The predicted octanol–water partition coefficient (Wildman–Crippen LogP) is 20.5. The van der Waals surface area contributed by atoms with Crippen molar-refractivity contribution in [3.63, 3.8) is 0 Å². The van der Waals surface area contributed by atoms with Gasteiger partial charge in [0.2, 0.25) is 0 Å². The third kappa shape index (κ3) is 59.8. The number of esters is 3. The molecule has 0 spiro atoms. The van der Waals surface area contributed by atoms with Crippen LogP contribution in [0.15, 0.2) is 158 Å². The highest BCUT2D eigenvalue weighted by Crippen LogP contribution is 2.14. The van der Waals surface area contributed by atoms with Gasteiger partial charge >= 0.3 is 17.9 Å². The van der Waals surface area contributed by atoms with Crippen molar-refractivity contribution in [3.05, 3.63) is 158 Å². The molecule has 0 heterocycles. The molecule has 6 nitrogen and oxygen atoms in total. The smallest absolute Gasteiger partial charge is 0.306 e. The Kier molecular flexibility index (Phi) is 57.5. The molecule has 0 saturated carbocycles. The molecule has 0 bridgehead atoms. The second kappa shape index (κ2) is 61.6. The van der Waals surface area contributed by atoms with Crippen molar-refractivity contribution in [2.75, 3.05) is 13.2 Å². The van der Waals surface area contributed by atoms with E-state index in [0.717, 1.165) is 128 Å². The fourth-order valence-corrected chi connectivity index (χ4v) is 7.62. The summed E-state index contributed by atoms with van der Waals surface area (Å²) >= 11 is 0. The lowest BCUT2D eigenvalue weighted by Crippen LogP contribution is -2.30. The first-order valence-corrected chi connectivity index (χ1v) is 30.0. The van der Waals surface area contributed by atoms with Gasteiger partial charge in [0.05, 0.1) is 0 Å². The SMILES string of the molecule is CC/C=C\C/C=C\C/C=C\C/C=C\C/C=C\C/C=C\C/C=C\CCCCCCCCCCCC(=O)OCC(COC(=O)CCCCCCCCC)OC(=O)CC/C=C\C/C=C\C/C=C\C/C=C\C/C=C\C/C=C\CC. The van der Waals surface area contributed by atoms with Gasteiger partial charge in [0.25, 0.3) is 0 Å². The molecule has 1 atom stereocenters. The summed E-state index contributed by atoms with van der Waals surface area (Å²) in [4.78, 5) is 37.9. The molecule has 0 aliphatic heterocycles.